The summed E-state index contributed by atoms with van der Waals surface area (Å²) in [4.78, 5) is 26.3. The van der Waals surface area contributed by atoms with Crippen LogP contribution in [0.25, 0.3) is 0 Å². The third-order valence-electron chi connectivity index (χ3n) is 8.50. The van der Waals surface area contributed by atoms with Gasteiger partial charge in [0.15, 0.2) is 16.3 Å². The van der Waals surface area contributed by atoms with Crippen LogP contribution in [0.1, 0.15) is 65.7 Å². The first-order valence-corrected chi connectivity index (χ1v) is 14.9. The van der Waals surface area contributed by atoms with Crippen LogP contribution in [0.3, 0.4) is 0 Å². The molecular weight excluding hydrogens is 552 g/mol. The topological polar surface area (TPSA) is 106 Å². The number of sulfonamides is 1. The highest BCUT2D eigenvalue weighted by Crippen LogP contribution is 2.63. The lowest BCUT2D eigenvalue weighted by Crippen LogP contribution is -2.69. The van der Waals surface area contributed by atoms with E-state index in [2.05, 4.69) is 0 Å². The summed E-state index contributed by atoms with van der Waals surface area (Å²) < 4.78 is 136. The molecule has 4 bridgehead atoms. The fourth-order valence-electron chi connectivity index (χ4n) is 6.75. The van der Waals surface area contributed by atoms with E-state index in [1.807, 2.05) is 0 Å². The zero-order chi connectivity index (χ0) is 28.6. The van der Waals surface area contributed by atoms with Crippen molar-refractivity contribution in [3.05, 3.63) is 0 Å². The smallest absolute Gasteiger partial charge is 0.298 e. The van der Waals surface area contributed by atoms with Crippen LogP contribution in [0, 0.1) is 23.2 Å². The molecule has 4 rings (SSSR count). The Morgan fingerprint density at radius 1 is 0.865 bits per heavy atom. The lowest BCUT2D eigenvalue weighted by atomic mass is 9.47. The van der Waals surface area contributed by atoms with Gasteiger partial charge in [-0.1, -0.05) is 6.92 Å². The van der Waals surface area contributed by atoms with Crippen LogP contribution in [0.15, 0.2) is 0 Å². The lowest BCUT2D eigenvalue weighted by Gasteiger charge is -2.57. The molecule has 0 saturated heterocycles. The number of ketones is 2. The largest absolute Gasteiger partial charge is 0.428 e. The van der Waals surface area contributed by atoms with Crippen LogP contribution in [0.4, 0.5) is 26.3 Å². The van der Waals surface area contributed by atoms with Crippen molar-refractivity contribution in [1.82, 2.24) is 4.31 Å². The Morgan fingerprint density at radius 3 is 1.62 bits per heavy atom. The number of hydrogen-bond donors (Lipinski definition) is 0. The Balaban J connectivity index is 2.13. The van der Waals surface area contributed by atoms with Gasteiger partial charge in [-0.25, -0.2) is 16.8 Å². The van der Waals surface area contributed by atoms with Crippen LogP contribution >= 0.6 is 0 Å². The summed E-state index contributed by atoms with van der Waals surface area (Å²) in [6, 6.07) is 0. The second-order valence-electron chi connectivity index (χ2n) is 11.1. The predicted octanol–water partition coefficient (Wildman–Crippen LogP) is 4.03. The maximum atomic E-state index is 15.2. The van der Waals surface area contributed by atoms with Gasteiger partial charge in [0, 0.05) is 19.0 Å². The first-order chi connectivity index (χ1) is 16.6. The first kappa shape index (κ1) is 30.3. The van der Waals surface area contributed by atoms with Crippen molar-refractivity contribution in [3.63, 3.8) is 0 Å². The molecule has 0 aromatic carbocycles. The molecule has 0 aromatic rings. The van der Waals surface area contributed by atoms with Crippen LogP contribution in [-0.4, -0.2) is 67.5 Å². The molecule has 1 atom stereocenters. The van der Waals surface area contributed by atoms with Crippen molar-refractivity contribution in [2.24, 2.45) is 23.2 Å². The summed E-state index contributed by atoms with van der Waals surface area (Å²) in [5, 5.41) is -13.4. The van der Waals surface area contributed by atoms with Gasteiger partial charge < -0.3 is 0 Å². The quantitative estimate of drug-likeness (QED) is 0.269. The molecule has 4 saturated carbocycles. The number of carbonyl (C=O) groups excluding carboxylic acids is 2. The number of halogens is 6. The van der Waals surface area contributed by atoms with Crippen LogP contribution in [0.5, 0.6) is 0 Å². The first-order valence-electron chi connectivity index (χ1n) is 12.0. The molecule has 0 amide bonds. The number of rotatable bonds is 11. The van der Waals surface area contributed by atoms with Gasteiger partial charge in [0.05, 0.1) is 0 Å². The van der Waals surface area contributed by atoms with E-state index in [0.29, 0.717) is 14.0 Å². The van der Waals surface area contributed by atoms with E-state index in [9.17, 15) is 44.0 Å². The molecule has 1 unspecified atom stereocenters. The van der Waals surface area contributed by atoms with Crippen molar-refractivity contribution in [2.75, 3.05) is 13.6 Å². The Labute approximate surface area is 212 Å². The van der Waals surface area contributed by atoms with Crippen molar-refractivity contribution in [3.8, 4) is 0 Å². The van der Waals surface area contributed by atoms with Crippen molar-refractivity contribution in [2.45, 2.75) is 86.9 Å². The van der Waals surface area contributed by atoms with Crippen molar-refractivity contribution < 1.29 is 52.8 Å². The molecule has 4 aliphatic rings. The molecule has 0 spiro atoms. The average molecular weight is 584 g/mol. The zero-order valence-electron chi connectivity index (χ0n) is 20.9. The van der Waals surface area contributed by atoms with Gasteiger partial charge in [0.1, 0.15) is 0 Å². The van der Waals surface area contributed by atoms with Crippen LogP contribution in [-0.2, 0) is 29.4 Å². The molecule has 4 aliphatic carbocycles. The van der Waals surface area contributed by atoms with Gasteiger partial charge in [0.2, 0.25) is 9.84 Å². The Morgan fingerprint density at radius 2 is 1.27 bits per heavy atom. The number of hydrogen-bond acceptors (Lipinski definition) is 6. The molecular formula is C22H31F6NO6S2. The summed E-state index contributed by atoms with van der Waals surface area (Å²) in [6.07, 6.45) is 2.24. The van der Waals surface area contributed by atoms with Gasteiger partial charge in [-0.3, -0.25) is 9.59 Å². The fraction of sp³-hybridized carbons (Fsp3) is 0.909. The molecule has 0 aromatic heterocycles. The number of alkyl halides is 6. The van der Waals surface area contributed by atoms with Crippen LogP contribution in [0.2, 0.25) is 0 Å². The number of carbonyl (C=O) groups is 2. The molecule has 0 aliphatic heterocycles. The standard InChI is InChI=1S/C22H31F6NO6S2/c1-5-6-29(4)37(34,35)22(27,28)20(23,24)21(25,26)36(32,33)18(3,13(2)30)17(31)19-10-14-7-15(11-19)9-16(8-14)12-19/h14-16H,5-12H2,1-4H3. The number of Topliss-reactive ketones (excluding diaryl/α,β-unsaturated/α-hetero) is 2. The molecule has 4 fully saturated rings. The molecule has 0 N–H and O–H groups in total. The number of nitrogens with zero attached hydrogens (tertiary/aromatic N) is 1. The maximum Gasteiger partial charge on any atom is 0.428 e. The second-order valence-corrected chi connectivity index (χ2v) is 15.5. The molecule has 214 valence electrons. The summed E-state index contributed by atoms with van der Waals surface area (Å²) in [6.45, 7) is 1.23. The molecule has 0 heterocycles. The molecule has 15 heteroatoms. The minimum absolute atomic E-state index is 0.0420. The van der Waals surface area contributed by atoms with E-state index < -0.39 is 64.6 Å². The van der Waals surface area contributed by atoms with Gasteiger partial charge in [0.25, 0.3) is 10.0 Å². The highest BCUT2D eigenvalue weighted by atomic mass is 32.2. The van der Waals surface area contributed by atoms with E-state index in [1.165, 1.54) is 6.92 Å². The monoisotopic (exact) mass is 583 g/mol. The maximum absolute atomic E-state index is 15.2. The Bertz CT molecular complexity index is 1150. The normalized spacial score (nSPS) is 30.4. The van der Waals surface area contributed by atoms with Gasteiger partial charge in [-0.15, -0.1) is 0 Å². The zero-order valence-corrected chi connectivity index (χ0v) is 22.5. The SMILES string of the molecule is CCCN(C)S(=O)(=O)C(F)(F)C(F)(F)C(F)(F)S(=O)(=O)C(C)(C(C)=O)C(=O)C12CC3CC(CC(C3)C1)C2. The predicted molar refractivity (Wildman–Crippen MR) is 120 cm³/mol. The van der Waals surface area contributed by atoms with E-state index >= 15 is 8.78 Å². The summed E-state index contributed by atoms with van der Waals surface area (Å²) >= 11 is 0. The van der Waals surface area contributed by atoms with Crippen LogP contribution < -0.4 is 0 Å². The average Bonchev–Trinajstić information content (AvgIpc) is 2.76. The van der Waals surface area contributed by atoms with Crippen molar-refractivity contribution in [1.29, 1.82) is 0 Å². The number of sulfone groups is 1. The van der Waals surface area contributed by atoms with E-state index in [0.717, 1.165) is 19.3 Å². The third kappa shape index (κ3) is 3.91. The van der Waals surface area contributed by atoms with E-state index in [4.69, 9.17) is 0 Å². The van der Waals surface area contributed by atoms with E-state index in [-0.39, 0.29) is 54.7 Å². The summed E-state index contributed by atoms with van der Waals surface area (Å²) in [7, 11) is -13.1. The minimum atomic E-state index is -7.08. The third-order valence-corrected chi connectivity index (χ3v) is 12.9. The fourth-order valence-corrected chi connectivity index (χ4v) is 9.90. The molecule has 7 nitrogen and oxygen atoms in total. The lowest BCUT2D eigenvalue weighted by molar-refractivity contribution is -0.245. The van der Waals surface area contributed by atoms with Gasteiger partial charge in [-0.05, 0) is 76.5 Å². The Kier molecular flexibility index (Phi) is 7.29. The second kappa shape index (κ2) is 8.90. The molecule has 37 heavy (non-hydrogen) atoms. The van der Waals surface area contributed by atoms with Gasteiger partial charge in [-0.2, -0.15) is 30.6 Å². The summed E-state index contributed by atoms with van der Waals surface area (Å²) in [5.74, 6) is -10.4. The highest BCUT2D eigenvalue weighted by Gasteiger charge is 2.85. The minimum Gasteiger partial charge on any atom is -0.298 e. The highest BCUT2D eigenvalue weighted by molar-refractivity contribution is 7.95. The van der Waals surface area contributed by atoms with E-state index in [1.54, 1.807) is 0 Å². The summed E-state index contributed by atoms with van der Waals surface area (Å²) in [5.41, 5.74) is -1.55. The van der Waals surface area contributed by atoms with Crippen molar-refractivity contribution >= 4 is 31.4 Å². The van der Waals surface area contributed by atoms with Gasteiger partial charge >= 0.3 is 16.4 Å². The molecule has 0 radical (unpaired) electrons. The Hall–Kier alpha value is -1.22.